The van der Waals surface area contributed by atoms with E-state index in [-0.39, 0.29) is 5.75 Å². The molecule has 6 nitrogen and oxygen atoms in total. The standard InChI is InChI=1S/C17H16N4O2/c1-11(20-21-17-18-10-9-15(19-17)23-2)13-8-7-12-5-3-4-6-14(12)16(13)22/h3-10,22H,1-2H3,(H,18,19,21)/b20-11-. The van der Waals surface area contributed by atoms with Crippen molar-refractivity contribution in [3.05, 3.63) is 54.2 Å². The molecule has 0 unspecified atom stereocenters. The van der Waals surface area contributed by atoms with Crippen LogP contribution >= 0.6 is 0 Å². The summed E-state index contributed by atoms with van der Waals surface area (Å²) in [5, 5.41) is 16.4. The van der Waals surface area contributed by atoms with Crippen molar-refractivity contribution in [3.63, 3.8) is 0 Å². The number of nitrogens with one attached hydrogen (secondary N) is 1. The van der Waals surface area contributed by atoms with Crippen molar-refractivity contribution >= 4 is 22.4 Å². The minimum absolute atomic E-state index is 0.206. The van der Waals surface area contributed by atoms with Crippen LogP contribution in [0.15, 0.2) is 53.8 Å². The summed E-state index contributed by atoms with van der Waals surface area (Å²) < 4.78 is 5.03. The summed E-state index contributed by atoms with van der Waals surface area (Å²) in [5.41, 5.74) is 4.04. The van der Waals surface area contributed by atoms with E-state index in [1.165, 1.54) is 7.11 Å². The molecule has 0 aliphatic heterocycles. The highest BCUT2D eigenvalue weighted by Gasteiger charge is 2.09. The van der Waals surface area contributed by atoms with Crippen molar-refractivity contribution < 1.29 is 9.84 Å². The van der Waals surface area contributed by atoms with Crippen molar-refractivity contribution in [1.29, 1.82) is 0 Å². The number of phenolic OH excluding ortho intramolecular Hbond substituents is 1. The van der Waals surface area contributed by atoms with Crippen LogP contribution < -0.4 is 10.2 Å². The van der Waals surface area contributed by atoms with E-state index in [1.54, 1.807) is 19.2 Å². The van der Waals surface area contributed by atoms with E-state index in [0.717, 1.165) is 10.8 Å². The quantitative estimate of drug-likeness (QED) is 0.571. The zero-order valence-corrected chi connectivity index (χ0v) is 12.8. The summed E-state index contributed by atoms with van der Waals surface area (Å²) in [5.74, 6) is 0.977. The van der Waals surface area contributed by atoms with Gasteiger partial charge in [-0.05, 0) is 18.4 Å². The van der Waals surface area contributed by atoms with Crippen molar-refractivity contribution in [3.8, 4) is 11.6 Å². The van der Waals surface area contributed by atoms with Gasteiger partial charge in [-0.1, -0.05) is 30.3 Å². The molecule has 0 aliphatic carbocycles. The topological polar surface area (TPSA) is 79.6 Å². The van der Waals surface area contributed by atoms with Gasteiger partial charge in [-0.3, -0.25) is 0 Å². The Morgan fingerprint density at radius 3 is 2.83 bits per heavy atom. The van der Waals surface area contributed by atoms with Gasteiger partial charge in [0, 0.05) is 23.2 Å². The van der Waals surface area contributed by atoms with Crippen LogP contribution in [0.5, 0.6) is 11.6 Å². The molecule has 0 aliphatic rings. The number of methoxy groups -OCH3 is 1. The number of phenols is 1. The molecule has 3 rings (SSSR count). The van der Waals surface area contributed by atoms with Crippen LogP contribution in [0, 0.1) is 0 Å². The summed E-state index contributed by atoms with van der Waals surface area (Å²) in [6.07, 6.45) is 1.58. The van der Waals surface area contributed by atoms with Crippen LogP contribution in [-0.2, 0) is 0 Å². The third-order valence-corrected chi connectivity index (χ3v) is 3.45. The third kappa shape index (κ3) is 3.06. The molecule has 0 fully saturated rings. The van der Waals surface area contributed by atoms with Crippen LogP contribution in [0.3, 0.4) is 0 Å². The first-order valence-electron chi connectivity index (χ1n) is 7.07. The summed E-state index contributed by atoms with van der Waals surface area (Å²) in [6.45, 7) is 1.80. The molecule has 6 heteroatoms. The van der Waals surface area contributed by atoms with Crippen LogP contribution in [0.4, 0.5) is 5.95 Å². The average molecular weight is 308 g/mol. The van der Waals surface area contributed by atoms with E-state index < -0.39 is 0 Å². The molecule has 2 N–H and O–H groups in total. The number of hydrazone groups is 1. The van der Waals surface area contributed by atoms with Gasteiger partial charge < -0.3 is 9.84 Å². The number of hydrogen-bond acceptors (Lipinski definition) is 6. The molecule has 0 bridgehead atoms. The lowest BCUT2D eigenvalue weighted by Crippen LogP contribution is -2.03. The summed E-state index contributed by atoms with van der Waals surface area (Å²) >= 11 is 0. The normalized spacial score (nSPS) is 11.5. The number of aromatic nitrogens is 2. The van der Waals surface area contributed by atoms with E-state index in [4.69, 9.17) is 4.74 Å². The molecular formula is C17H16N4O2. The minimum Gasteiger partial charge on any atom is -0.507 e. The van der Waals surface area contributed by atoms with E-state index in [9.17, 15) is 5.11 Å². The van der Waals surface area contributed by atoms with Crippen LogP contribution in [0.2, 0.25) is 0 Å². The second-order valence-electron chi connectivity index (χ2n) is 4.91. The highest BCUT2D eigenvalue weighted by atomic mass is 16.5. The molecular weight excluding hydrogens is 292 g/mol. The van der Waals surface area contributed by atoms with Crippen LogP contribution in [0.1, 0.15) is 12.5 Å². The van der Waals surface area contributed by atoms with Gasteiger partial charge in [0.25, 0.3) is 0 Å². The SMILES string of the molecule is COc1ccnc(N/N=C(/C)c2ccc3ccccc3c2O)n1. The van der Waals surface area contributed by atoms with Gasteiger partial charge in [0.05, 0.1) is 12.8 Å². The first-order chi connectivity index (χ1) is 11.2. The highest BCUT2D eigenvalue weighted by molar-refractivity contribution is 6.06. The van der Waals surface area contributed by atoms with Gasteiger partial charge in [0.15, 0.2) is 0 Å². The molecule has 1 aromatic heterocycles. The highest BCUT2D eigenvalue weighted by Crippen LogP contribution is 2.29. The molecule has 0 saturated carbocycles. The van der Waals surface area contributed by atoms with Crippen LogP contribution in [-0.4, -0.2) is 27.9 Å². The van der Waals surface area contributed by atoms with E-state index in [0.29, 0.717) is 23.1 Å². The fourth-order valence-electron chi connectivity index (χ4n) is 2.25. The van der Waals surface area contributed by atoms with Crippen LogP contribution in [0.25, 0.3) is 10.8 Å². The second-order valence-corrected chi connectivity index (χ2v) is 4.91. The Bertz CT molecular complexity index is 877. The maximum Gasteiger partial charge on any atom is 0.246 e. The first kappa shape index (κ1) is 14.8. The number of aromatic hydroxyl groups is 1. The van der Waals surface area contributed by atoms with Crippen molar-refractivity contribution in [2.45, 2.75) is 6.92 Å². The molecule has 0 amide bonds. The van der Waals surface area contributed by atoms with E-state index in [2.05, 4.69) is 20.5 Å². The number of rotatable bonds is 4. The predicted octanol–water partition coefficient (Wildman–Crippen LogP) is 3.18. The Balaban J connectivity index is 1.90. The van der Waals surface area contributed by atoms with Gasteiger partial charge >= 0.3 is 0 Å². The maximum absolute atomic E-state index is 10.4. The number of benzene rings is 2. The maximum atomic E-state index is 10.4. The molecule has 0 saturated heterocycles. The molecule has 3 aromatic rings. The summed E-state index contributed by atoms with van der Waals surface area (Å²) in [4.78, 5) is 8.17. The fraction of sp³-hybridized carbons (Fsp3) is 0.118. The number of fused-ring (bicyclic) bond motifs is 1. The Labute approximate surface area is 133 Å². The fourth-order valence-corrected chi connectivity index (χ4v) is 2.25. The zero-order valence-electron chi connectivity index (χ0n) is 12.8. The summed E-state index contributed by atoms with van der Waals surface area (Å²) in [7, 11) is 1.54. The van der Waals surface area contributed by atoms with Gasteiger partial charge in [-0.25, -0.2) is 10.4 Å². The first-order valence-corrected chi connectivity index (χ1v) is 7.07. The van der Waals surface area contributed by atoms with Gasteiger partial charge in [-0.15, -0.1) is 0 Å². The van der Waals surface area contributed by atoms with E-state index >= 15 is 0 Å². The molecule has 23 heavy (non-hydrogen) atoms. The average Bonchev–Trinajstić information content (AvgIpc) is 2.60. The minimum atomic E-state index is 0.206. The summed E-state index contributed by atoms with van der Waals surface area (Å²) in [6, 6.07) is 13.1. The monoisotopic (exact) mass is 308 g/mol. The van der Waals surface area contributed by atoms with Gasteiger partial charge in [-0.2, -0.15) is 10.1 Å². The Morgan fingerprint density at radius 2 is 2.00 bits per heavy atom. The molecule has 0 atom stereocenters. The largest absolute Gasteiger partial charge is 0.507 e. The van der Waals surface area contributed by atoms with Crippen molar-refractivity contribution in [1.82, 2.24) is 9.97 Å². The predicted molar refractivity (Wildman–Crippen MR) is 90.0 cm³/mol. The molecule has 1 heterocycles. The smallest absolute Gasteiger partial charge is 0.246 e. The number of anilines is 1. The Hall–Kier alpha value is -3.15. The lowest BCUT2D eigenvalue weighted by atomic mass is 10.0. The van der Waals surface area contributed by atoms with E-state index in [1.807, 2.05) is 36.4 Å². The number of ether oxygens (including phenoxy) is 1. The Kier molecular flexibility index (Phi) is 4.05. The lowest BCUT2D eigenvalue weighted by Gasteiger charge is -2.08. The Morgan fingerprint density at radius 1 is 1.17 bits per heavy atom. The van der Waals surface area contributed by atoms with Crippen molar-refractivity contribution in [2.75, 3.05) is 12.5 Å². The molecule has 0 radical (unpaired) electrons. The zero-order chi connectivity index (χ0) is 16.2. The molecule has 2 aromatic carbocycles. The van der Waals surface area contributed by atoms with Gasteiger partial charge in [0.2, 0.25) is 11.8 Å². The second kappa shape index (κ2) is 6.31. The lowest BCUT2D eigenvalue weighted by molar-refractivity contribution is 0.397. The van der Waals surface area contributed by atoms with Crippen molar-refractivity contribution in [2.24, 2.45) is 5.10 Å². The number of nitrogens with zero attached hydrogens (tertiary/aromatic N) is 3. The molecule has 0 spiro atoms. The number of hydrogen-bond donors (Lipinski definition) is 2. The van der Waals surface area contributed by atoms with Gasteiger partial charge in [0.1, 0.15) is 5.75 Å². The molecule has 116 valence electrons. The third-order valence-electron chi connectivity index (χ3n) is 3.45.